The van der Waals surface area contributed by atoms with Crippen LogP contribution in [0.1, 0.15) is 98.1 Å². The highest BCUT2D eigenvalue weighted by Crippen LogP contribution is 2.33. The highest BCUT2D eigenvalue weighted by Gasteiger charge is 2.20. The Balaban J connectivity index is 1.75. The van der Waals surface area contributed by atoms with Gasteiger partial charge in [-0.1, -0.05) is 79.9 Å². The number of esters is 1. The minimum atomic E-state index is -0.297. The van der Waals surface area contributed by atoms with Crippen LogP contribution in [0.15, 0.2) is 64.8 Å². The zero-order valence-electron chi connectivity index (χ0n) is 24.0. The summed E-state index contributed by atoms with van der Waals surface area (Å²) in [6.07, 6.45) is 6.41. The van der Waals surface area contributed by atoms with E-state index in [0.717, 1.165) is 55.6 Å². The monoisotopic (exact) mass is 506 g/mol. The van der Waals surface area contributed by atoms with E-state index in [2.05, 4.69) is 76.5 Å². The molecule has 0 aliphatic rings. The molecule has 5 heteroatoms. The predicted octanol–water partition coefficient (Wildman–Crippen LogP) is 9.54. The molecule has 0 unspecified atom stereocenters. The molecule has 2 rings (SSSR count). The minimum absolute atomic E-state index is 0.0473. The summed E-state index contributed by atoms with van der Waals surface area (Å²) >= 11 is 0. The van der Waals surface area contributed by atoms with Crippen molar-refractivity contribution in [1.82, 2.24) is 0 Å². The van der Waals surface area contributed by atoms with Crippen molar-refractivity contribution >= 4 is 17.3 Å². The van der Waals surface area contributed by atoms with Crippen LogP contribution in [-0.4, -0.2) is 19.2 Å². The summed E-state index contributed by atoms with van der Waals surface area (Å²) < 4.78 is 11.0. The van der Waals surface area contributed by atoms with E-state index in [0.29, 0.717) is 18.8 Å². The van der Waals surface area contributed by atoms with E-state index in [1.165, 1.54) is 11.1 Å². The average molecular weight is 507 g/mol. The molecular formula is C32H46N2O3. The summed E-state index contributed by atoms with van der Waals surface area (Å²) in [6, 6.07) is 14.3. The molecule has 0 spiro atoms. The molecule has 0 N–H and O–H groups in total. The zero-order chi connectivity index (χ0) is 27.5. The van der Waals surface area contributed by atoms with Crippen LogP contribution in [0.3, 0.4) is 0 Å². The number of hydrogen-bond acceptors (Lipinski definition) is 5. The second-order valence-corrected chi connectivity index (χ2v) is 11.8. The van der Waals surface area contributed by atoms with E-state index in [1.807, 2.05) is 24.3 Å². The normalized spacial score (nSPS) is 12.1. The van der Waals surface area contributed by atoms with Gasteiger partial charge in [-0.2, -0.15) is 10.2 Å². The first-order chi connectivity index (χ1) is 17.4. The molecule has 0 radical (unpaired) electrons. The van der Waals surface area contributed by atoms with Crippen LogP contribution in [0.25, 0.3) is 0 Å². The molecule has 0 fully saturated rings. The zero-order valence-corrected chi connectivity index (χ0v) is 24.0. The number of azo groups is 1. The van der Waals surface area contributed by atoms with E-state index < -0.39 is 0 Å². The summed E-state index contributed by atoms with van der Waals surface area (Å²) in [6.45, 7) is 19.8. The van der Waals surface area contributed by atoms with Crippen molar-refractivity contribution < 1.29 is 14.3 Å². The Labute approximate surface area is 224 Å². The Morgan fingerprint density at radius 1 is 0.730 bits per heavy atom. The molecule has 2 aromatic rings. The lowest BCUT2D eigenvalue weighted by Crippen LogP contribution is -2.16. The van der Waals surface area contributed by atoms with Crippen molar-refractivity contribution in [3.63, 3.8) is 0 Å². The number of hydrogen-bond donors (Lipinski definition) is 0. The van der Waals surface area contributed by atoms with E-state index in [1.54, 1.807) is 6.92 Å². The second-order valence-electron chi connectivity index (χ2n) is 11.8. The molecule has 0 saturated carbocycles. The number of benzene rings is 2. The topological polar surface area (TPSA) is 60.2 Å². The lowest BCUT2D eigenvalue weighted by atomic mass is 9.80. The van der Waals surface area contributed by atoms with Crippen LogP contribution < -0.4 is 4.74 Å². The molecule has 0 heterocycles. The predicted molar refractivity (Wildman–Crippen MR) is 153 cm³/mol. The largest absolute Gasteiger partial charge is 0.494 e. The summed E-state index contributed by atoms with van der Waals surface area (Å²) in [5.74, 6) is 0.553. The maximum Gasteiger partial charge on any atom is 0.333 e. The third-order valence-electron chi connectivity index (χ3n) is 6.16. The van der Waals surface area contributed by atoms with Crippen molar-refractivity contribution in [1.29, 1.82) is 0 Å². The van der Waals surface area contributed by atoms with Gasteiger partial charge in [0.15, 0.2) is 0 Å². The molecular weight excluding hydrogens is 460 g/mol. The number of rotatable bonds is 13. The third-order valence-corrected chi connectivity index (χ3v) is 6.16. The van der Waals surface area contributed by atoms with Gasteiger partial charge in [0.2, 0.25) is 0 Å². The van der Waals surface area contributed by atoms with Crippen LogP contribution in [0, 0.1) is 0 Å². The Morgan fingerprint density at radius 2 is 1.22 bits per heavy atom. The molecule has 0 bridgehead atoms. The first kappa shape index (κ1) is 30.3. The first-order valence-electron chi connectivity index (χ1n) is 13.5. The van der Waals surface area contributed by atoms with Crippen molar-refractivity contribution in [2.45, 2.75) is 97.8 Å². The minimum Gasteiger partial charge on any atom is -0.494 e. The summed E-state index contributed by atoms with van der Waals surface area (Å²) in [4.78, 5) is 11.3. The van der Waals surface area contributed by atoms with E-state index in [4.69, 9.17) is 9.47 Å². The van der Waals surface area contributed by atoms with E-state index >= 15 is 0 Å². The molecule has 2 aromatic carbocycles. The van der Waals surface area contributed by atoms with Crippen LogP contribution in [0.4, 0.5) is 11.4 Å². The van der Waals surface area contributed by atoms with Gasteiger partial charge in [-0.05, 0) is 78.1 Å². The van der Waals surface area contributed by atoms with Gasteiger partial charge in [0.05, 0.1) is 24.6 Å². The maximum atomic E-state index is 11.3. The van der Waals surface area contributed by atoms with E-state index in [-0.39, 0.29) is 16.8 Å². The maximum absolute atomic E-state index is 11.3. The second kappa shape index (κ2) is 14.1. The fourth-order valence-corrected chi connectivity index (χ4v) is 3.65. The van der Waals surface area contributed by atoms with Gasteiger partial charge in [-0.15, -0.1) is 0 Å². The number of carbonyl (C=O) groups excluding carboxylic acids is 1. The number of nitrogens with zero attached hydrogens (tertiary/aromatic N) is 2. The molecule has 0 saturated heterocycles. The quantitative estimate of drug-likeness (QED) is 0.118. The number of ether oxygens (including phenoxy) is 2. The van der Waals surface area contributed by atoms with Gasteiger partial charge < -0.3 is 9.47 Å². The summed E-state index contributed by atoms with van der Waals surface area (Å²) in [5.41, 5.74) is 4.77. The van der Waals surface area contributed by atoms with Crippen LogP contribution in [0.2, 0.25) is 0 Å². The third kappa shape index (κ3) is 11.3. The van der Waals surface area contributed by atoms with Crippen molar-refractivity contribution in [3.05, 3.63) is 65.7 Å². The average Bonchev–Trinajstić information content (AvgIpc) is 2.83. The van der Waals surface area contributed by atoms with Gasteiger partial charge >= 0.3 is 5.97 Å². The molecule has 0 amide bonds. The summed E-state index contributed by atoms with van der Waals surface area (Å²) in [7, 11) is 0. The van der Waals surface area contributed by atoms with Gasteiger partial charge in [0.25, 0.3) is 0 Å². The smallest absolute Gasteiger partial charge is 0.333 e. The molecule has 0 aliphatic carbocycles. The first-order valence-corrected chi connectivity index (χ1v) is 13.5. The van der Waals surface area contributed by atoms with E-state index in [9.17, 15) is 4.79 Å². The van der Waals surface area contributed by atoms with Gasteiger partial charge in [-0.25, -0.2) is 4.79 Å². The lowest BCUT2D eigenvalue weighted by Gasteiger charge is -2.25. The molecule has 0 aliphatic heterocycles. The highest BCUT2D eigenvalue weighted by molar-refractivity contribution is 5.86. The van der Waals surface area contributed by atoms with Gasteiger partial charge in [0, 0.05) is 5.57 Å². The fraction of sp³-hybridized carbons (Fsp3) is 0.531. The Bertz CT molecular complexity index is 1010. The lowest BCUT2D eigenvalue weighted by molar-refractivity contribution is -0.139. The Morgan fingerprint density at radius 3 is 1.73 bits per heavy atom. The molecule has 202 valence electrons. The molecule has 0 aromatic heterocycles. The number of carbonyl (C=O) groups is 1. The Kier molecular flexibility index (Phi) is 11.5. The van der Waals surface area contributed by atoms with Crippen molar-refractivity contribution in [3.8, 4) is 5.75 Å². The molecule has 0 atom stereocenters. The van der Waals surface area contributed by atoms with Crippen LogP contribution >= 0.6 is 0 Å². The highest BCUT2D eigenvalue weighted by atomic mass is 16.5. The van der Waals surface area contributed by atoms with Gasteiger partial charge in [0.1, 0.15) is 5.75 Å². The van der Waals surface area contributed by atoms with Crippen molar-refractivity contribution in [2.24, 2.45) is 10.2 Å². The summed E-state index contributed by atoms with van der Waals surface area (Å²) in [5, 5.41) is 9.02. The molecule has 5 nitrogen and oxygen atoms in total. The standard InChI is InChI=1S/C32H46N2O3/c1-24(2)30(35)37-20-14-12-10-9-11-13-19-36-29-17-15-27(16-18-29)33-34-28-22-25(31(3,4)5)21-26(23-28)32(6,7)8/h15-18,21-23H,1,9-14,19-20H2,2-8H3/b34-33+. The molecule has 37 heavy (non-hydrogen) atoms. The van der Waals surface area contributed by atoms with Crippen LogP contribution in [-0.2, 0) is 20.4 Å². The number of unbranched alkanes of at least 4 members (excludes halogenated alkanes) is 5. The Hall–Kier alpha value is -2.95. The van der Waals surface area contributed by atoms with Gasteiger partial charge in [-0.3, -0.25) is 0 Å². The van der Waals surface area contributed by atoms with Crippen LogP contribution in [0.5, 0.6) is 5.75 Å². The SMILES string of the molecule is C=C(C)C(=O)OCCCCCCCCOc1ccc(/N=N/c2cc(C(C)(C)C)cc(C(C)(C)C)c2)cc1. The van der Waals surface area contributed by atoms with Crippen molar-refractivity contribution in [2.75, 3.05) is 13.2 Å². The fourth-order valence-electron chi connectivity index (χ4n) is 3.65.